The fourth-order valence-corrected chi connectivity index (χ4v) is 4.07. The van der Waals surface area contributed by atoms with Gasteiger partial charge in [0.1, 0.15) is 5.69 Å². The smallest absolute Gasteiger partial charge is 0.397 e. The third kappa shape index (κ3) is 7.31. The molecule has 0 amide bonds. The highest BCUT2D eigenvalue weighted by molar-refractivity contribution is 7.91. The van der Waals surface area contributed by atoms with E-state index in [2.05, 4.69) is 19.7 Å². The summed E-state index contributed by atoms with van der Waals surface area (Å²) in [4.78, 5) is 22.5. The first-order valence-electron chi connectivity index (χ1n) is 9.09. The number of sulfone groups is 1. The highest BCUT2D eigenvalue weighted by atomic mass is 32.3. The second-order valence-corrected chi connectivity index (χ2v) is 9.52. The van der Waals surface area contributed by atoms with E-state index in [0.717, 1.165) is 18.2 Å². The molecule has 15 heteroatoms. The SMILES string of the molecule is CCNc1ccc(N=Nc2cc(S(=O)(=O)CCOS(=O)(=O)O)ccc2C(=O)O)cc1C(=O)O. The van der Waals surface area contributed by atoms with E-state index < -0.39 is 49.4 Å². The molecule has 2 aromatic rings. The van der Waals surface area contributed by atoms with E-state index in [1.165, 1.54) is 18.2 Å². The van der Waals surface area contributed by atoms with E-state index in [9.17, 15) is 36.6 Å². The zero-order valence-electron chi connectivity index (χ0n) is 17.0. The van der Waals surface area contributed by atoms with Gasteiger partial charge < -0.3 is 15.5 Å². The lowest BCUT2D eigenvalue weighted by Crippen LogP contribution is -2.15. The fraction of sp³-hybridized carbons (Fsp3) is 0.222. The molecular formula is C18H19N3O10S2. The molecule has 2 aromatic carbocycles. The van der Waals surface area contributed by atoms with Crippen LogP contribution in [-0.4, -0.2) is 62.4 Å². The van der Waals surface area contributed by atoms with Crippen molar-refractivity contribution in [2.75, 3.05) is 24.2 Å². The summed E-state index contributed by atoms with van der Waals surface area (Å²) in [5, 5.41) is 29.2. The van der Waals surface area contributed by atoms with Crippen LogP contribution in [-0.2, 0) is 24.4 Å². The van der Waals surface area contributed by atoms with E-state index in [1.54, 1.807) is 6.92 Å². The maximum atomic E-state index is 12.4. The summed E-state index contributed by atoms with van der Waals surface area (Å²) in [6.45, 7) is 1.39. The van der Waals surface area contributed by atoms with E-state index >= 15 is 0 Å². The van der Waals surface area contributed by atoms with Gasteiger partial charge in [-0.2, -0.15) is 13.5 Å². The van der Waals surface area contributed by atoms with Crippen molar-refractivity contribution in [3.63, 3.8) is 0 Å². The zero-order valence-corrected chi connectivity index (χ0v) is 18.6. The van der Waals surface area contributed by atoms with Crippen LogP contribution in [0.2, 0.25) is 0 Å². The van der Waals surface area contributed by atoms with Gasteiger partial charge in [0.25, 0.3) is 0 Å². The van der Waals surface area contributed by atoms with Gasteiger partial charge in [0.05, 0.1) is 34.1 Å². The number of hydrogen-bond donors (Lipinski definition) is 4. The summed E-state index contributed by atoms with van der Waals surface area (Å²) in [6, 6.07) is 6.97. The second kappa shape index (κ2) is 10.5. The van der Waals surface area contributed by atoms with Gasteiger partial charge >= 0.3 is 22.3 Å². The van der Waals surface area contributed by atoms with E-state index in [-0.39, 0.29) is 22.5 Å². The van der Waals surface area contributed by atoms with Gasteiger partial charge in [-0.05, 0) is 43.3 Å². The minimum Gasteiger partial charge on any atom is -0.478 e. The second-order valence-electron chi connectivity index (χ2n) is 6.32. The van der Waals surface area contributed by atoms with Crippen molar-refractivity contribution in [2.45, 2.75) is 11.8 Å². The molecule has 0 aliphatic carbocycles. The van der Waals surface area contributed by atoms with Gasteiger partial charge in [0.2, 0.25) is 0 Å². The van der Waals surface area contributed by atoms with Crippen molar-refractivity contribution < 1.29 is 45.4 Å². The van der Waals surface area contributed by atoms with Crippen molar-refractivity contribution in [1.82, 2.24) is 0 Å². The lowest BCUT2D eigenvalue weighted by atomic mass is 10.1. The van der Waals surface area contributed by atoms with Crippen molar-refractivity contribution in [3.05, 3.63) is 47.5 Å². The Kier molecular flexibility index (Phi) is 8.21. The lowest BCUT2D eigenvalue weighted by Gasteiger charge is -2.08. The molecule has 0 atom stereocenters. The van der Waals surface area contributed by atoms with Gasteiger partial charge in [0, 0.05) is 12.2 Å². The maximum Gasteiger partial charge on any atom is 0.397 e. The molecule has 0 saturated carbocycles. The molecule has 0 unspecified atom stereocenters. The number of rotatable bonds is 11. The average Bonchev–Trinajstić information content (AvgIpc) is 2.71. The normalized spacial score (nSPS) is 12.1. The molecule has 0 saturated heterocycles. The number of carbonyl (C=O) groups is 2. The summed E-state index contributed by atoms with van der Waals surface area (Å²) < 4.78 is 58.5. The van der Waals surface area contributed by atoms with Gasteiger partial charge in [-0.15, -0.1) is 5.11 Å². The van der Waals surface area contributed by atoms with Gasteiger partial charge in [-0.25, -0.2) is 22.2 Å². The number of nitrogens with zero attached hydrogens (tertiary/aromatic N) is 2. The molecular weight excluding hydrogens is 482 g/mol. The molecule has 4 N–H and O–H groups in total. The first kappa shape index (κ1) is 25.9. The van der Waals surface area contributed by atoms with E-state index in [4.69, 9.17) is 4.55 Å². The highest BCUT2D eigenvalue weighted by Crippen LogP contribution is 2.28. The molecule has 0 aliphatic heterocycles. The number of anilines is 1. The lowest BCUT2D eigenvalue weighted by molar-refractivity contribution is 0.0687. The van der Waals surface area contributed by atoms with Crippen LogP contribution in [0.5, 0.6) is 0 Å². The van der Waals surface area contributed by atoms with Crippen molar-refractivity contribution >= 4 is 49.2 Å². The summed E-state index contributed by atoms with van der Waals surface area (Å²) in [5.74, 6) is -3.48. The van der Waals surface area contributed by atoms with Crippen LogP contribution in [0.4, 0.5) is 17.1 Å². The maximum absolute atomic E-state index is 12.4. The quantitative estimate of drug-likeness (QED) is 0.259. The molecule has 33 heavy (non-hydrogen) atoms. The summed E-state index contributed by atoms with van der Waals surface area (Å²) in [6.07, 6.45) is 0. The minimum absolute atomic E-state index is 0.0696. The van der Waals surface area contributed by atoms with Gasteiger partial charge in [-0.3, -0.25) is 4.55 Å². The number of nitrogens with one attached hydrogen (secondary N) is 1. The topological polar surface area (TPSA) is 209 Å². The highest BCUT2D eigenvalue weighted by Gasteiger charge is 2.20. The number of aromatic carboxylic acids is 2. The predicted molar refractivity (Wildman–Crippen MR) is 115 cm³/mol. The fourth-order valence-electron chi connectivity index (χ4n) is 2.56. The number of hydrogen-bond acceptors (Lipinski definition) is 10. The Morgan fingerprint density at radius 1 is 0.970 bits per heavy atom. The standard InChI is InChI=1S/C18H19N3O10S2/c1-2-19-15-6-3-11(9-14(15)18(24)25)20-21-16-10-12(4-5-13(16)17(22)23)32(26,27)8-7-31-33(28,29)30/h3-6,9-10,19H,2,7-8H2,1H3,(H,22,23)(H,24,25)(H,28,29,30). The Morgan fingerprint density at radius 2 is 1.64 bits per heavy atom. The number of carboxylic acids is 2. The summed E-state index contributed by atoms with van der Waals surface area (Å²) >= 11 is 0. The van der Waals surface area contributed by atoms with E-state index in [1.807, 2.05) is 0 Å². The van der Waals surface area contributed by atoms with Crippen LogP contribution in [0.3, 0.4) is 0 Å². The van der Waals surface area contributed by atoms with Crippen LogP contribution in [0.15, 0.2) is 51.5 Å². The van der Waals surface area contributed by atoms with Crippen LogP contribution >= 0.6 is 0 Å². The number of benzene rings is 2. The Balaban J connectivity index is 2.41. The largest absolute Gasteiger partial charge is 0.478 e. The monoisotopic (exact) mass is 501 g/mol. The van der Waals surface area contributed by atoms with Crippen LogP contribution in [0, 0.1) is 0 Å². The number of carboxylic acid groups (broad SMARTS) is 2. The molecule has 0 fully saturated rings. The van der Waals surface area contributed by atoms with Crippen molar-refractivity contribution in [3.8, 4) is 0 Å². The third-order valence-corrected chi connectivity index (χ3v) is 6.16. The Hall–Kier alpha value is -3.40. The first-order chi connectivity index (χ1) is 15.3. The van der Waals surface area contributed by atoms with E-state index in [0.29, 0.717) is 12.2 Å². The molecule has 0 aromatic heterocycles. The molecule has 0 aliphatic rings. The van der Waals surface area contributed by atoms with Crippen LogP contribution in [0.1, 0.15) is 27.6 Å². The summed E-state index contributed by atoms with van der Waals surface area (Å²) in [7, 11) is -8.97. The molecule has 178 valence electrons. The van der Waals surface area contributed by atoms with Crippen molar-refractivity contribution in [2.24, 2.45) is 10.2 Å². The zero-order chi connectivity index (χ0) is 24.8. The first-order valence-corrected chi connectivity index (χ1v) is 12.1. The van der Waals surface area contributed by atoms with Crippen molar-refractivity contribution in [1.29, 1.82) is 0 Å². The molecule has 13 nitrogen and oxygen atoms in total. The van der Waals surface area contributed by atoms with Gasteiger partial charge in [-0.1, -0.05) is 0 Å². The predicted octanol–water partition coefficient (Wildman–Crippen LogP) is 2.52. The average molecular weight is 501 g/mol. The Bertz CT molecular complexity index is 1300. The van der Waals surface area contributed by atoms with Crippen LogP contribution < -0.4 is 5.32 Å². The number of azo groups is 1. The molecule has 2 rings (SSSR count). The Morgan fingerprint density at radius 3 is 2.21 bits per heavy atom. The molecule has 0 bridgehead atoms. The van der Waals surface area contributed by atoms with Gasteiger partial charge in [0.15, 0.2) is 9.84 Å². The third-order valence-electron chi connectivity index (χ3n) is 4.02. The molecule has 0 spiro atoms. The van der Waals surface area contributed by atoms with Crippen LogP contribution in [0.25, 0.3) is 0 Å². The summed E-state index contributed by atoms with van der Waals surface area (Å²) in [5.41, 5.74) is -0.404. The Labute approximate surface area is 188 Å². The molecule has 0 radical (unpaired) electrons. The molecule has 0 heterocycles. The minimum atomic E-state index is -4.83.